The fraction of sp³-hybridized carbons (Fsp3) is 0.611. The predicted octanol–water partition coefficient (Wildman–Crippen LogP) is 1.90. The van der Waals surface area contributed by atoms with Crippen LogP contribution in [0, 0.1) is 5.92 Å². The Hall–Kier alpha value is -1.75. The molecule has 3 N–H and O–H groups in total. The molecule has 0 saturated heterocycles. The molecule has 23 heavy (non-hydrogen) atoms. The van der Waals surface area contributed by atoms with Crippen LogP contribution in [0.15, 0.2) is 24.3 Å². The Bertz CT molecular complexity index is 573. The van der Waals surface area contributed by atoms with E-state index in [1.807, 2.05) is 6.92 Å². The normalized spacial score (nSPS) is 22.4. The lowest BCUT2D eigenvalue weighted by Crippen LogP contribution is -2.54. The third kappa shape index (κ3) is 3.44. The molecule has 1 aromatic rings. The van der Waals surface area contributed by atoms with Crippen LogP contribution in [-0.2, 0) is 6.42 Å². The third-order valence-electron chi connectivity index (χ3n) is 5.19. The molecule has 2 amide bonds. The molecule has 1 saturated carbocycles. The maximum absolute atomic E-state index is 12.1. The summed E-state index contributed by atoms with van der Waals surface area (Å²) < 4.78 is 0. The molecular formula is C18H27N3O2. The van der Waals surface area contributed by atoms with Gasteiger partial charge in [-0.15, -0.1) is 0 Å². The Morgan fingerprint density at radius 1 is 1.39 bits per heavy atom. The molecule has 2 aliphatic rings. The van der Waals surface area contributed by atoms with Crippen LogP contribution in [0.4, 0.5) is 10.5 Å². The summed E-state index contributed by atoms with van der Waals surface area (Å²) >= 11 is 0. The van der Waals surface area contributed by atoms with Gasteiger partial charge in [0.05, 0.1) is 12.1 Å². The molecule has 1 heterocycles. The van der Waals surface area contributed by atoms with E-state index in [0.717, 1.165) is 25.8 Å². The number of anilines is 1. The van der Waals surface area contributed by atoms with Gasteiger partial charge in [-0.2, -0.15) is 0 Å². The predicted molar refractivity (Wildman–Crippen MR) is 91.7 cm³/mol. The highest BCUT2D eigenvalue weighted by Gasteiger charge is 2.42. The van der Waals surface area contributed by atoms with Crippen molar-refractivity contribution in [3.63, 3.8) is 0 Å². The smallest absolute Gasteiger partial charge is 0.315 e. The van der Waals surface area contributed by atoms with E-state index < -0.39 is 5.54 Å². The Labute approximate surface area is 138 Å². The molecule has 126 valence electrons. The van der Waals surface area contributed by atoms with Gasteiger partial charge in [0.2, 0.25) is 0 Å². The Balaban J connectivity index is 1.49. The van der Waals surface area contributed by atoms with Crippen molar-refractivity contribution in [3.8, 4) is 0 Å². The minimum absolute atomic E-state index is 0.0123. The maximum Gasteiger partial charge on any atom is 0.315 e. The van der Waals surface area contributed by atoms with E-state index in [0.29, 0.717) is 18.5 Å². The lowest BCUT2D eigenvalue weighted by atomic mass is 9.97. The molecule has 0 radical (unpaired) electrons. The van der Waals surface area contributed by atoms with Gasteiger partial charge in [-0.1, -0.05) is 18.2 Å². The average Bonchev–Trinajstić information content (AvgIpc) is 3.33. The van der Waals surface area contributed by atoms with Gasteiger partial charge < -0.3 is 20.6 Å². The summed E-state index contributed by atoms with van der Waals surface area (Å²) in [4.78, 5) is 14.4. The van der Waals surface area contributed by atoms with Gasteiger partial charge in [-0.3, -0.25) is 0 Å². The van der Waals surface area contributed by atoms with Crippen LogP contribution in [0.2, 0.25) is 0 Å². The minimum Gasteiger partial charge on any atom is -0.394 e. The molecule has 2 unspecified atom stereocenters. The average molecular weight is 317 g/mol. The van der Waals surface area contributed by atoms with Crippen molar-refractivity contribution in [3.05, 3.63) is 29.8 Å². The number of aliphatic hydroxyl groups is 1. The second-order valence-electron chi connectivity index (χ2n) is 7.11. The summed E-state index contributed by atoms with van der Waals surface area (Å²) in [5.41, 5.74) is 2.17. The number of hydrogen-bond acceptors (Lipinski definition) is 3. The standard InChI is InChI=1S/C18H27N3O2/c1-13-11-14-5-3-4-6-16(14)21(13)10-9-19-17(23)20-18(2,12-22)15-7-8-15/h3-6,13,15,22H,7-12H2,1-2H3,(H2,19,20,23). The van der Waals surface area contributed by atoms with Crippen molar-refractivity contribution in [1.82, 2.24) is 10.6 Å². The number of hydrogen-bond donors (Lipinski definition) is 3. The molecule has 0 aromatic heterocycles. The first-order valence-electron chi connectivity index (χ1n) is 8.55. The molecule has 2 atom stereocenters. The molecule has 0 spiro atoms. The summed E-state index contributed by atoms with van der Waals surface area (Å²) in [6, 6.07) is 8.74. The van der Waals surface area contributed by atoms with Crippen molar-refractivity contribution >= 4 is 11.7 Å². The van der Waals surface area contributed by atoms with Gasteiger partial charge in [0.25, 0.3) is 0 Å². The highest BCUT2D eigenvalue weighted by atomic mass is 16.3. The second kappa shape index (κ2) is 6.40. The van der Waals surface area contributed by atoms with Crippen molar-refractivity contribution in [2.24, 2.45) is 5.92 Å². The van der Waals surface area contributed by atoms with Crippen molar-refractivity contribution in [2.45, 2.75) is 44.7 Å². The number of urea groups is 1. The van der Waals surface area contributed by atoms with Gasteiger partial charge in [0.15, 0.2) is 0 Å². The number of carbonyl (C=O) groups is 1. The number of rotatable bonds is 6. The molecule has 1 aliphatic carbocycles. The van der Waals surface area contributed by atoms with Crippen molar-refractivity contribution in [1.29, 1.82) is 0 Å². The molecule has 1 aromatic carbocycles. The summed E-state index contributed by atoms with van der Waals surface area (Å²) in [7, 11) is 0. The van der Waals surface area contributed by atoms with Crippen LogP contribution in [0.25, 0.3) is 0 Å². The first-order valence-corrected chi connectivity index (χ1v) is 8.55. The zero-order chi connectivity index (χ0) is 16.4. The molecule has 3 rings (SSSR count). The topological polar surface area (TPSA) is 64.6 Å². The van der Waals surface area contributed by atoms with Gasteiger partial charge >= 0.3 is 6.03 Å². The lowest BCUT2D eigenvalue weighted by Gasteiger charge is -2.29. The van der Waals surface area contributed by atoms with Gasteiger partial charge in [0.1, 0.15) is 0 Å². The SMILES string of the molecule is CC1Cc2ccccc2N1CCNC(=O)NC(C)(CO)C1CC1. The quantitative estimate of drug-likeness (QED) is 0.751. The third-order valence-corrected chi connectivity index (χ3v) is 5.19. The number of carbonyl (C=O) groups excluding carboxylic acids is 1. The Kier molecular flexibility index (Phi) is 4.48. The van der Waals surface area contributed by atoms with E-state index >= 15 is 0 Å². The van der Waals surface area contributed by atoms with Crippen molar-refractivity contribution < 1.29 is 9.90 Å². The zero-order valence-electron chi connectivity index (χ0n) is 14.0. The molecule has 1 fully saturated rings. The first kappa shape index (κ1) is 16.1. The van der Waals surface area contributed by atoms with E-state index in [-0.39, 0.29) is 12.6 Å². The van der Waals surface area contributed by atoms with Crippen LogP contribution >= 0.6 is 0 Å². The number of fused-ring (bicyclic) bond motifs is 1. The highest BCUT2D eigenvalue weighted by Crippen LogP contribution is 2.39. The second-order valence-corrected chi connectivity index (χ2v) is 7.11. The van der Waals surface area contributed by atoms with E-state index in [2.05, 4.69) is 46.7 Å². The molecule has 1 aliphatic heterocycles. The monoisotopic (exact) mass is 317 g/mol. The Morgan fingerprint density at radius 2 is 2.13 bits per heavy atom. The minimum atomic E-state index is -0.488. The van der Waals surface area contributed by atoms with Crippen LogP contribution in [-0.4, -0.2) is 42.4 Å². The maximum atomic E-state index is 12.1. The number of aliphatic hydroxyl groups excluding tert-OH is 1. The molecule has 5 heteroatoms. The lowest BCUT2D eigenvalue weighted by molar-refractivity contribution is 0.155. The number of nitrogens with one attached hydrogen (secondary N) is 2. The van der Waals surface area contributed by atoms with E-state index in [9.17, 15) is 9.90 Å². The van der Waals surface area contributed by atoms with E-state index in [4.69, 9.17) is 0 Å². The molecular weight excluding hydrogens is 290 g/mol. The number of amides is 2. The van der Waals surface area contributed by atoms with Crippen LogP contribution in [0.3, 0.4) is 0 Å². The van der Waals surface area contributed by atoms with E-state index in [1.165, 1.54) is 11.3 Å². The van der Waals surface area contributed by atoms with Gasteiger partial charge in [-0.05, 0) is 50.7 Å². The van der Waals surface area contributed by atoms with Crippen molar-refractivity contribution in [2.75, 3.05) is 24.6 Å². The summed E-state index contributed by atoms with van der Waals surface area (Å²) in [6.45, 7) is 5.52. The molecule has 0 bridgehead atoms. The Morgan fingerprint density at radius 3 is 2.83 bits per heavy atom. The number of nitrogens with zero attached hydrogens (tertiary/aromatic N) is 1. The highest BCUT2D eigenvalue weighted by molar-refractivity contribution is 5.75. The zero-order valence-corrected chi connectivity index (χ0v) is 14.0. The first-order chi connectivity index (χ1) is 11.0. The van der Waals surface area contributed by atoms with Crippen LogP contribution < -0.4 is 15.5 Å². The van der Waals surface area contributed by atoms with Crippen LogP contribution in [0.1, 0.15) is 32.3 Å². The van der Waals surface area contributed by atoms with Gasteiger partial charge in [-0.25, -0.2) is 4.79 Å². The van der Waals surface area contributed by atoms with E-state index in [1.54, 1.807) is 0 Å². The number of para-hydroxylation sites is 1. The summed E-state index contributed by atoms with van der Waals surface area (Å²) in [5, 5.41) is 15.4. The fourth-order valence-corrected chi connectivity index (χ4v) is 3.55. The number of benzene rings is 1. The van der Waals surface area contributed by atoms with Gasteiger partial charge in [0, 0.05) is 24.8 Å². The van der Waals surface area contributed by atoms with Crippen LogP contribution in [0.5, 0.6) is 0 Å². The summed E-state index contributed by atoms with van der Waals surface area (Å²) in [6.07, 6.45) is 3.23. The molecule has 5 nitrogen and oxygen atoms in total. The summed E-state index contributed by atoms with van der Waals surface area (Å²) in [5.74, 6) is 0.406. The largest absolute Gasteiger partial charge is 0.394 e. The fourth-order valence-electron chi connectivity index (χ4n) is 3.55.